The number of nitrogens with zero attached hydrogens (tertiary/aromatic N) is 5. The Hall–Kier alpha value is -3.28. The van der Waals surface area contributed by atoms with Crippen LogP contribution in [-0.4, -0.2) is 38.5 Å². The zero-order valence-electron chi connectivity index (χ0n) is 15.0. The predicted octanol–water partition coefficient (Wildman–Crippen LogP) is 3.17. The molecule has 28 heavy (non-hydrogen) atoms. The van der Waals surface area contributed by atoms with Gasteiger partial charge in [-0.2, -0.15) is 5.26 Å². The van der Waals surface area contributed by atoms with Crippen LogP contribution in [0.15, 0.2) is 48.1 Å². The van der Waals surface area contributed by atoms with Crippen molar-refractivity contribution in [1.82, 2.24) is 24.7 Å². The highest BCUT2D eigenvalue weighted by atomic mass is 32.1. The lowest BCUT2D eigenvalue weighted by atomic mass is 10.1. The molecule has 0 radical (unpaired) electrons. The summed E-state index contributed by atoms with van der Waals surface area (Å²) >= 11 is 1.57. The third-order valence-electron chi connectivity index (χ3n) is 4.82. The first-order chi connectivity index (χ1) is 13.8. The number of anilines is 1. The Morgan fingerprint density at radius 2 is 2.25 bits per heavy atom. The normalized spacial score (nSPS) is 16.3. The second-order valence-corrected chi connectivity index (χ2v) is 7.53. The SMILES string of the molecule is N#Cc1cccc(-c2nc3sccn3c2-c2ccnc(N[C@@H]3CCNC3)n2)c1. The largest absolute Gasteiger partial charge is 0.350 e. The van der Waals surface area contributed by atoms with Crippen LogP contribution in [0.4, 0.5) is 5.95 Å². The summed E-state index contributed by atoms with van der Waals surface area (Å²) < 4.78 is 2.04. The summed E-state index contributed by atoms with van der Waals surface area (Å²) in [5.74, 6) is 0.619. The summed E-state index contributed by atoms with van der Waals surface area (Å²) in [6.45, 7) is 1.93. The van der Waals surface area contributed by atoms with Gasteiger partial charge in [-0.25, -0.2) is 15.0 Å². The van der Waals surface area contributed by atoms with Crippen LogP contribution in [0, 0.1) is 11.3 Å². The third kappa shape index (κ3) is 3.01. The van der Waals surface area contributed by atoms with Crippen LogP contribution in [-0.2, 0) is 0 Å². The van der Waals surface area contributed by atoms with Crippen molar-refractivity contribution in [3.8, 4) is 28.7 Å². The molecule has 1 aromatic carbocycles. The first-order valence-corrected chi connectivity index (χ1v) is 9.96. The number of nitrogens with one attached hydrogen (secondary N) is 2. The molecule has 138 valence electrons. The Morgan fingerprint density at radius 1 is 1.29 bits per heavy atom. The molecular formula is C20H17N7S. The number of imidazole rings is 1. The van der Waals surface area contributed by atoms with Crippen molar-refractivity contribution in [2.45, 2.75) is 12.5 Å². The lowest BCUT2D eigenvalue weighted by Gasteiger charge is -2.12. The molecule has 2 N–H and O–H groups in total. The summed E-state index contributed by atoms with van der Waals surface area (Å²) in [6.07, 6.45) is 4.83. The molecule has 1 aliphatic rings. The smallest absolute Gasteiger partial charge is 0.223 e. The highest BCUT2D eigenvalue weighted by Crippen LogP contribution is 2.34. The van der Waals surface area contributed by atoms with E-state index in [0.717, 1.165) is 47.1 Å². The van der Waals surface area contributed by atoms with E-state index in [1.807, 2.05) is 40.2 Å². The minimum atomic E-state index is 0.341. The van der Waals surface area contributed by atoms with Gasteiger partial charge >= 0.3 is 0 Å². The van der Waals surface area contributed by atoms with Gasteiger partial charge in [-0.05, 0) is 31.2 Å². The molecule has 1 saturated heterocycles. The number of hydrogen-bond acceptors (Lipinski definition) is 7. The minimum Gasteiger partial charge on any atom is -0.350 e. The molecule has 0 unspecified atom stereocenters. The van der Waals surface area contributed by atoms with Crippen molar-refractivity contribution in [3.63, 3.8) is 0 Å². The molecule has 1 fully saturated rings. The van der Waals surface area contributed by atoms with E-state index in [-0.39, 0.29) is 0 Å². The van der Waals surface area contributed by atoms with Gasteiger partial charge < -0.3 is 10.6 Å². The zero-order valence-corrected chi connectivity index (χ0v) is 15.8. The molecule has 4 heterocycles. The molecule has 1 atom stereocenters. The third-order valence-corrected chi connectivity index (χ3v) is 5.58. The Balaban J connectivity index is 1.62. The topological polar surface area (TPSA) is 90.9 Å². The molecule has 0 aliphatic carbocycles. The van der Waals surface area contributed by atoms with Crippen molar-refractivity contribution in [2.24, 2.45) is 0 Å². The summed E-state index contributed by atoms with van der Waals surface area (Å²) in [6, 6.07) is 12.0. The van der Waals surface area contributed by atoms with Crippen LogP contribution in [0.3, 0.4) is 0 Å². The van der Waals surface area contributed by atoms with Gasteiger partial charge in [-0.3, -0.25) is 4.40 Å². The minimum absolute atomic E-state index is 0.341. The van der Waals surface area contributed by atoms with E-state index in [9.17, 15) is 5.26 Å². The highest BCUT2D eigenvalue weighted by Gasteiger charge is 2.20. The highest BCUT2D eigenvalue weighted by molar-refractivity contribution is 7.15. The summed E-state index contributed by atoms with van der Waals surface area (Å²) in [5, 5.41) is 18.0. The Bertz CT molecular complexity index is 1180. The lowest BCUT2D eigenvalue weighted by molar-refractivity contribution is 0.781. The Kier molecular flexibility index (Phi) is 4.24. The second-order valence-electron chi connectivity index (χ2n) is 6.66. The average molecular weight is 387 g/mol. The number of hydrogen-bond donors (Lipinski definition) is 2. The molecule has 7 nitrogen and oxygen atoms in total. The average Bonchev–Trinajstić information content (AvgIpc) is 3.45. The van der Waals surface area contributed by atoms with Gasteiger partial charge in [0.05, 0.1) is 23.0 Å². The zero-order chi connectivity index (χ0) is 18.9. The van der Waals surface area contributed by atoms with E-state index in [2.05, 4.69) is 21.7 Å². The fourth-order valence-corrected chi connectivity index (χ4v) is 4.20. The van der Waals surface area contributed by atoms with Crippen molar-refractivity contribution >= 4 is 22.2 Å². The van der Waals surface area contributed by atoms with Crippen LogP contribution in [0.2, 0.25) is 0 Å². The van der Waals surface area contributed by atoms with Crippen LogP contribution < -0.4 is 10.6 Å². The van der Waals surface area contributed by atoms with Crippen molar-refractivity contribution in [2.75, 3.05) is 18.4 Å². The van der Waals surface area contributed by atoms with Crippen LogP contribution in [0.5, 0.6) is 0 Å². The van der Waals surface area contributed by atoms with E-state index >= 15 is 0 Å². The van der Waals surface area contributed by atoms with Crippen LogP contribution in [0.1, 0.15) is 12.0 Å². The number of nitriles is 1. The maximum absolute atomic E-state index is 9.26. The lowest BCUT2D eigenvalue weighted by Crippen LogP contribution is -2.23. The molecule has 0 spiro atoms. The van der Waals surface area contributed by atoms with Gasteiger partial charge in [-0.1, -0.05) is 12.1 Å². The number of aromatic nitrogens is 4. The molecule has 0 bridgehead atoms. The van der Waals surface area contributed by atoms with Gasteiger partial charge in [0.15, 0.2) is 4.96 Å². The molecule has 4 aromatic rings. The summed E-state index contributed by atoms with van der Waals surface area (Å²) in [5.41, 5.74) is 4.03. The van der Waals surface area contributed by atoms with Gasteiger partial charge in [0.1, 0.15) is 5.69 Å². The second kappa shape index (κ2) is 7.03. The van der Waals surface area contributed by atoms with Crippen molar-refractivity contribution in [1.29, 1.82) is 5.26 Å². The number of thiazole rings is 1. The Labute approximate surface area is 165 Å². The van der Waals surface area contributed by atoms with E-state index < -0.39 is 0 Å². The van der Waals surface area contributed by atoms with Gasteiger partial charge in [0, 0.05) is 35.9 Å². The monoisotopic (exact) mass is 387 g/mol. The summed E-state index contributed by atoms with van der Waals surface area (Å²) in [7, 11) is 0. The standard InChI is InChI=1S/C20H17N7S/c21-11-13-2-1-3-14(10-13)17-18(27-8-9-28-20(27)26-17)16-5-7-23-19(25-16)24-15-4-6-22-12-15/h1-3,5,7-10,15,22H,4,6,12H2,(H,23,24,25)/t15-/m1/s1. The fourth-order valence-electron chi connectivity index (χ4n) is 3.49. The molecule has 0 amide bonds. The first kappa shape index (κ1) is 16.9. The molecule has 5 rings (SSSR count). The molecule has 1 aliphatic heterocycles. The number of rotatable bonds is 4. The van der Waals surface area contributed by atoms with Gasteiger partial charge in [0.2, 0.25) is 5.95 Å². The van der Waals surface area contributed by atoms with Gasteiger partial charge in [-0.15, -0.1) is 11.3 Å². The Morgan fingerprint density at radius 3 is 3.11 bits per heavy atom. The number of fused-ring (bicyclic) bond motifs is 1. The maximum atomic E-state index is 9.26. The van der Waals surface area contributed by atoms with E-state index in [1.165, 1.54) is 0 Å². The van der Waals surface area contributed by atoms with E-state index in [4.69, 9.17) is 9.97 Å². The molecule has 8 heteroatoms. The van der Waals surface area contributed by atoms with Gasteiger partial charge in [0.25, 0.3) is 0 Å². The molecule has 0 saturated carbocycles. The van der Waals surface area contributed by atoms with E-state index in [0.29, 0.717) is 17.6 Å². The van der Waals surface area contributed by atoms with Crippen molar-refractivity contribution in [3.05, 3.63) is 53.7 Å². The first-order valence-electron chi connectivity index (χ1n) is 9.08. The maximum Gasteiger partial charge on any atom is 0.223 e. The van der Waals surface area contributed by atoms with Crippen molar-refractivity contribution < 1.29 is 0 Å². The fraction of sp³-hybridized carbons (Fsp3) is 0.200. The quantitative estimate of drug-likeness (QED) is 0.559. The summed E-state index contributed by atoms with van der Waals surface area (Å²) in [4.78, 5) is 14.9. The van der Waals surface area contributed by atoms with E-state index in [1.54, 1.807) is 23.6 Å². The molecule has 3 aromatic heterocycles. The van der Waals surface area contributed by atoms with Crippen LogP contribution >= 0.6 is 11.3 Å². The van der Waals surface area contributed by atoms with Crippen LogP contribution in [0.25, 0.3) is 27.6 Å². The predicted molar refractivity (Wildman–Crippen MR) is 109 cm³/mol. The molecular weight excluding hydrogens is 370 g/mol. The number of benzene rings is 1.